The number of esters is 1. The number of aliphatic hydroxyl groups is 2. The SMILES string of the molecule is CC(C)C1=C2[C@@]([C@H](O)CN3CCC[C@H]3CO)(CC[C@]3(C)[C@]2(C)CCC2[C@@]4(C)CC[C@H](OC(=O)CC(C)(C)C(=O)O)C(C)(C)C4CC[C@]23C)CC1=O. The minimum atomic E-state index is -1.17. The summed E-state index contributed by atoms with van der Waals surface area (Å²) in [5.41, 5.74) is 0.0559. The third-order valence-electron chi connectivity index (χ3n) is 17.3. The van der Waals surface area contributed by atoms with Crippen molar-refractivity contribution in [2.24, 2.45) is 55.7 Å². The quantitative estimate of drug-likeness (QED) is 0.209. The van der Waals surface area contributed by atoms with Crippen LogP contribution in [0, 0.1) is 55.7 Å². The molecule has 1 heterocycles. The fraction of sp³-hybridized carbons (Fsp3) is 0.884. The van der Waals surface area contributed by atoms with Crippen LogP contribution in [0.5, 0.6) is 0 Å². The first kappa shape index (κ1) is 38.9. The summed E-state index contributed by atoms with van der Waals surface area (Å²) in [4.78, 5) is 41.3. The summed E-state index contributed by atoms with van der Waals surface area (Å²) < 4.78 is 6.17. The molecule has 6 rings (SSSR count). The van der Waals surface area contributed by atoms with E-state index in [2.05, 4.69) is 60.3 Å². The van der Waals surface area contributed by atoms with Crippen molar-refractivity contribution in [3.8, 4) is 0 Å². The summed E-state index contributed by atoms with van der Waals surface area (Å²) in [6.45, 7) is 23.6. The molecule has 10 atom stereocenters. The van der Waals surface area contributed by atoms with Crippen molar-refractivity contribution < 1.29 is 34.4 Å². The molecule has 0 aromatic heterocycles. The predicted molar refractivity (Wildman–Crippen MR) is 198 cm³/mol. The van der Waals surface area contributed by atoms with Gasteiger partial charge in [-0.1, -0.05) is 55.4 Å². The average Bonchev–Trinajstić information content (AvgIpc) is 3.61. The molecule has 0 aromatic carbocycles. The van der Waals surface area contributed by atoms with E-state index in [9.17, 15) is 29.7 Å². The van der Waals surface area contributed by atoms with Crippen LogP contribution in [0.3, 0.4) is 0 Å². The van der Waals surface area contributed by atoms with Gasteiger partial charge in [-0.2, -0.15) is 0 Å². The third kappa shape index (κ3) is 5.47. The van der Waals surface area contributed by atoms with Gasteiger partial charge in [0.1, 0.15) is 6.10 Å². The van der Waals surface area contributed by atoms with E-state index < -0.39 is 28.9 Å². The Bertz CT molecular complexity index is 1470. The van der Waals surface area contributed by atoms with E-state index in [0.29, 0.717) is 24.8 Å². The first-order valence-electron chi connectivity index (χ1n) is 20.3. The lowest BCUT2D eigenvalue weighted by Gasteiger charge is -2.75. The highest BCUT2D eigenvalue weighted by atomic mass is 16.5. The van der Waals surface area contributed by atoms with E-state index in [-0.39, 0.29) is 63.9 Å². The Kier molecular flexibility index (Phi) is 9.66. The van der Waals surface area contributed by atoms with Crippen molar-refractivity contribution >= 4 is 17.7 Å². The normalized spacial score (nSPS) is 43.0. The standard InChI is InChI=1S/C43H69NO7/c1-26(2)34-28(46)22-43(31(47)24-44-21-11-12-27(44)25-45)20-19-42(10)40(8)17-13-29-38(5,6)32(51-33(48)23-37(3,4)36(49)50)15-16-39(29,7)30(40)14-18-41(42,9)35(34)43/h26-27,29-32,45,47H,11-25H2,1-10H3,(H,49,50)/t27-,29?,30?,31+,32-,39-,40+,41+,42-,43-/m0/s1. The predicted octanol–water partition coefficient (Wildman–Crippen LogP) is 7.59. The van der Waals surface area contributed by atoms with Gasteiger partial charge in [0.25, 0.3) is 0 Å². The lowest BCUT2D eigenvalue weighted by molar-refractivity contribution is -0.252. The number of aliphatic hydroxyl groups excluding tert-OH is 2. The Hall–Kier alpha value is -1.77. The number of carboxylic acid groups (broad SMARTS) is 1. The van der Waals surface area contributed by atoms with Gasteiger partial charge in [-0.15, -0.1) is 0 Å². The number of likely N-dealkylation sites (tertiary alicyclic amines) is 1. The summed E-state index contributed by atoms with van der Waals surface area (Å²) in [7, 11) is 0. The second-order valence-corrected chi connectivity index (χ2v) is 20.7. The van der Waals surface area contributed by atoms with Crippen molar-refractivity contribution in [1.82, 2.24) is 4.90 Å². The number of carbonyl (C=O) groups is 3. The number of hydrogen-bond acceptors (Lipinski definition) is 7. The van der Waals surface area contributed by atoms with Gasteiger partial charge in [-0.25, -0.2) is 0 Å². The van der Waals surface area contributed by atoms with Gasteiger partial charge < -0.3 is 20.1 Å². The highest BCUT2D eigenvalue weighted by Gasteiger charge is 2.74. The van der Waals surface area contributed by atoms with Crippen LogP contribution in [0.15, 0.2) is 11.1 Å². The molecule has 8 nitrogen and oxygen atoms in total. The van der Waals surface area contributed by atoms with Crippen LogP contribution in [0.25, 0.3) is 0 Å². The molecule has 0 bridgehead atoms. The summed E-state index contributed by atoms with van der Waals surface area (Å²) in [5, 5.41) is 32.1. The van der Waals surface area contributed by atoms with Crippen molar-refractivity contribution in [2.45, 2.75) is 165 Å². The molecule has 6 aliphatic rings. The van der Waals surface area contributed by atoms with E-state index in [4.69, 9.17) is 4.74 Å². The zero-order valence-corrected chi connectivity index (χ0v) is 33.5. The Balaban J connectivity index is 1.32. The number of hydrogen-bond donors (Lipinski definition) is 3. The van der Waals surface area contributed by atoms with Crippen LogP contribution in [0.2, 0.25) is 0 Å². The van der Waals surface area contributed by atoms with Crippen LogP contribution in [0.1, 0.15) is 146 Å². The second-order valence-electron chi connectivity index (χ2n) is 20.7. The number of ketones is 1. The van der Waals surface area contributed by atoms with E-state index in [1.807, 2.05) is 0 Å². The summed E-state index contributed by atoms with van der Waals surface area (Å²) in [6.07, 6.45) is 9.04. The smallest absolute Gasteiger partial charge is 0.309 e. The number of fused-ring (bicyclic) bond motifs is 7. The van der Waals surface area contributed by atoms with Gasteiger partial charge in [-0.3, -0.25) is 19.3 Å². The molecule has 288 valence electrons. The molecule has 4 saturated carbocycles. The van der Waals surface area contributed by atoms with Crippen molar-refractivity contribution in [3.05, 3.63) is 11.1 Å². The average molecular weight is 712 g/mol. The largest absolute Gasteiger partial charge is 0.481 e. The van der Waals surface area contributed by atoms with E-state index in [1.54, 1.807) is 13.8 Å². The van der Waals surface area contributed by atoms with E-state index in [1.165, 1.54) is 5.57 Å². The lowest BCUT2D eigenvalue weighted by atomic mass is 9.29. The highest BCUT2D eigenvalue weighted by molar-refractivity contribution is 6.01. The number of rotatable bonds is 9. The van der Waals surface area contributed by atoms with E-state index in [0.717, 1.165) is 76.3 Å². The number of β-amino-alcohol motifs (C(OH)–C–C–N with tert-alkyl or cyclic N) is 1. The molecule has 3 N–H and O–H groups in total. The van der Waals surface area contributed by atoms with Gasteiger partial charge in [0.05, 0.1) is 24.5 Å². The molecule has 51 heavy (non-hydrogen) atoms. The van der Waals surface area contributed by atoms with Gasteiger partial charge in [0.15, 0.2) is 5.78 Å². The van der Waals surface area contributed by atoms with Crippen molar-refractivity contribution in [3.63, 3.8) is 0 Å². The van der Waals surface area contributed by atoms with Crippen molar-refractivity contribution in [1.29, 1.82) is 0 Å². The molecule has 0 spiro atoms. The van der Waals surface area contributed by atoms with Crippen LogP contribution < -0.4 is 0 Å². The van der Waals surface area contributed by atoms with Crippen LogP contribution in [-0.2, 0) is 19.1 Å². The number of nitrogens with zero attached hydrogens (tertiary/aromatic N) is 1. The zero-order chi connectivity index (χ0) is 37.7. The fourth-order valence-electron chi connectivity index (χ4n) is 14.2. The minimum Gasteiger partial charge on any atom is -0.481 e. The lowest BCUT2D eigenvalue weighted by Crippen LogP contribution is -2.69. The molecular formula is C43H69NO7. The molecular weight excluding hydrogens is 642 g/mol. The molecule has 5 aliphatic carbocycles. The third-order valence-corrected chi connectivity index (χ3v) is 17.3. The maximum atomic E-state index is 14.2. The first-order valence-corrected chi connectivity index (χ1v) is 20.3. The Morgan fingerprint density at radius 2 is 1.61 bits per heavy atom. The molecule has 0 radical (unpaired) electrons. The minimum absolute atomic E-state index is 0.0190. The molecule has 8 heteroatoms. The zero-order valence-electron chi connectivity index (χ0n) is 33.5. The number of Topliss-reactive ketones (excluding diaryl/α,β-unsaturated/α-hetero) is 1. The van der Waals surface area contributed by atoms with Crippen LogP contribution in [0.4, 0.5) is 0 Å². The molecule has 0 aromatic rings. The number of ether oxygens (including phenoxy) is 1. The monoisotopic (exact) mass is 712 g/mol. The van der Waals surface area contributed by atoms with Gasteiger partial charge in [-0.05, 0) is 135 Å². The molecule has 1 aliphatic heterocycles. The van der Waals surface area contributed by atoms with Gasteiger partial charge >= 0.3 is 11.9 Å². The van der Waals surface area contributed by atoms with Gasteiger partial charge in [0.2, 0.25) is 0 Å². The maximum absolute atomic E-state index is 14.2. The molecule has 5 fully saturated rings. The highest BCUT2D eigenvalue weighted by Crippen LogP contribution is 2.80. The Morgan fingerprint density at radius 1 is 0.941 bits per heavy atom. The Morgan fingerprint density at radius 3 is 2.24 bits per heavy atom. The van der Waals surface area contributed by atoms with Crippen molar-refractivity contribution in [2.75, 3.05) is 19.7 Å². The molecule has 0 amide bonds. The number of aliphatic carboxylic acids is 1. The number of carbonyl (C=O) groups excluding carboxylic acids is 2. The van der Waals surface area contributed by atoms with E-state index >= 15 is 0 Å². The first-order chi connectivity index (χ1) is 23.6. The number of allylic oxidation sites excluding steroid dienone is 1. The fourth-order valence-corrected chi connectivity index (χ4v) is 14.2. The summed E-state index contributed by atoms with van der Waals surface area (Å²) in [5.74, 6) is -0.260. The number of carboxylic acids is 1. The second kappa shape index (κ2) is 12.6. The van der Waals surface area contributed by atoms with Gasteiger partial charge in [0, 0.05) is 29.8 Å². The Labute approximate surface area is 307 Å². The van der Waals surface area contributed by atoms with Crippen LogP contribution >= 0.6 is 0 Å². The topological polar surface area (TPSA) is 124 Å². The summed E-state index contributed by atoms with van der Waals surface area (Å²) >= 11 is 0. The summed E-state index contributed by atoms with van der Waals surface area (Å²) in [6, 6.07) is 0.0827. The van der Waals surface area contributed by atoms with Crippen LogP contribution in [-0.4, -0.2) is 75.9 Å². The molecule has 2 unspecified atom stereocenters. The molecule has 1 saturated heterocycles. The maximum Gasteiger partial charge on any atom is 0.309 e.